The van der Waals surface area contributed by atoms with Crippen molar-refractivity contribution in [3.05, 3.63) is 0 Å². The number of halogens is 1. The van der Waals surface area contributed by atoms with Gasteiger partial charge in [-0.15, -0.1) is 0 Å². The molecule has 0 bridgehead atoms. The topological polar surface area (TPSA) is 103 Å². The summed E-state index contributed by atoms with van der Waals surface area (Å²) in [6, 6.07) is 0. The molecule has 0 N–H and O–H groups in total. The molecular formula is C3H3Ca3ClO5+2. The van der Waals surface area contributed by atoms with Gasteiger partial charge in [-0.05, 0) is 13.1 Å². The third kappa shape index (κ3) is 226. The molecule has 0 amide bonds. The van der Waals surface area contributed by atoms with Crippen LogP contribution in [0.4, 0.5) is 4.79 Å². The summed E-state index contributed by atoms with van der Waals surface area (Å²) in [6.45, 7) is 0.972. The zero-order valence-electron chi connectivity index (χ0n) is 6.54. The van der Waals surface area contributed by atoms with E-state index in [0.29, 0.717) is 0 Å². The van der Waals surface area contributed by atoms with E-state index in [1.807, 2.05) is 0 Å². The Labute approximate surface area is 166 Å². The smallest absolute Gasteiger partial charge is 1.00 e. The van der Waals surface area contributed by atoms with Gasteiger partial charge in [0.15, 0.2) is 0 Å². The van der Waals surface area contributed by atoms with Crippen molar-refractivity contribution in [2.45, 2.75) is 6.92 Å². The molecule has 12 heavy (non-hydrogen) atoms. The number of rotatable bonds is 0. The summed E-state index contributed by atoms with van der Waals surface area (Å²) in [5.74, 6) is -1.08. The fourth-order valence-corrected chi connectivity index (χ4v) is 0. The maximum Gasteiger partial charge on any atom is 2.00 e. The summed E-state index contributed by atoms with van der Waals surface area (Å²) >= 11 is 0. The molecule has 0 heterocycles. The van der Waals surface area contributed by atoms with Crippen molar-refractivity contribution in [1.82, 2.24) is 0 Å². The first-order valence-electron chi connectivity index (χ1n) is 1.52. The first kappa shape index (κ1) is 36.4. The molecule has 9 heteroatoms. The molecular weight excluding hydrogens is 272 g/mol. The van der Waals surface area contributed by atoms with Crippen molar-refractivity contribution in [2.24, 2.45) is 0 Å². The van der Waals surface area contributed by atoms with E-state index < -0.39 is 12.1 Å². The summed E-state index contributed by atoms with van der Waals surface area (Å²) in [4.78, 5) is 17.2. The van der Waals surface area contributed by atoms with Gasteiger partial charge in [-0.25, -0.2) is 0 Å². The summed E-state index contributed by atoms with van der Waals surface area (Å²) in [7, 11) is 0. The molecule has 0 saturated heterocycles. The normalized spacial score (nSPS) is 4.08. The first-order chi connectivity index (χ1) is 3.46. The van der Waals surface area contributed by atoms with Crippen LogP contribution in [0.5, 0.6) is 0 Å². The molecule has 0 saturated carbocycles. The number of carboxylic acids is 1. The van der Waals surface area contributed by atoms with Gasteiger partial charge in [0.2, 0.25) is 0 Å². The quantitative estimate of drug-likeness (QED) is 0.408. The van der Waals surface area contributed by atoms with Crippen LogP contribution in [0.1, 0.15) is 6.92 Å². The van der Waals surface area contributed by atoms with Crippen LogP contribution in [0.25, 0.3) is 0 Å². The van der Waals surface area contributed by atoms with E-state index in [-0.39, 0.29) is 126 Å². The minimum Gasteiger partial charge on any atom is -1.00 e. The molecule has 0 aromatic rings. The Morgan fingerprint density at radius 2 is 0.917 bits per heavy atom. The molecule has 0 aromatic heterocycles. The van der Waals surface area contributed by atoms with Gasteiger partial charge in [-0.2, -0.15) is 0 Å². The van der Waals surface area contributed by atoms with Crippen LogP contribution in [0.2, 0.25) is 0 Å². The maximum absolute atomic E-state index is 8.89. The Morgan fingerprint density at radius 3 is 0.917 bits per heavy atom. The summed E-state index contributed by atoms with van der Waals surface area (Å²) < 4.78 is 0. The monoisotopic (exact) mass is 274 g/mol. The number of hydrogen-bond acceptors (Lipinski definition) is 5. The van der Waals surface area contributed by atoms with Crippen LogP contribution >= 0.6 is 0 Å². The molecule has 0 unspecified atom stereocenters. The van der Waals surface area contributed by atoms with Gasteiger partial charge >= 0.3 is 113 Å². The van der Waals surface area contributed by atoms with Gasteiger partial charge in [0.1, 0.15) is 0 Å². The number of carboxylic acid groups (broad SMARTS) is 3. The van der Waals surface area contributed by atoms with Crippen LogP contribution in [-0.4, -0.2) is 125 Å². The Morgan fingerprint density at radius 1 is 0.917 bits per heavy atom. The molecule has 0 aliphatic rings. The fourth-order valence-electron chi connectivity index (χ4n) is 0. The standard InChI is InChI=1S/C2H4O2.CH2O3.3Ca.ClH/c1-2(3)4;2-1(3)4;;;;/h1H3,(H,3,4);(H2,2,3,4);;;;1H/q;;3*+2;/p-4. The van der Waals surface area contributed by atoms with Crippen LogP contribution in [-0.2, 0) is 4.79 Å². The molecule has 56 valence electrons. The second-order valence-electron chi connectivity index (χ2n) is 0.742. The second-order valence-corrected chi connectivity index (χ2v) is 0.742. The van der Waals surface area contributed by atoms with Crippen molar-refractivity contribution in [1.29, 1.82) is 0 Å². The van der Waals surface area contributed by atoms with Gasteiger partial charge in [-0.1, -0.05) is 0 Å². The zero-order chi connectivity index (χ0) is 7.15. The first-order valence-corrected chi connectivity index (χ1v) is 1.52. The van der Waals surface area contributed by atoms with Crippen molar-refractivity contribution in [3.63, 3.8) is 0 Å². The Balaban J connectivity index is -0.0000000112. The van der Waals surface area contributed by atoms with Gasteiger partial charge in [-0.3, -0.25) is 0 Å². The second kappa shape index (κ2) is 29.2. The van der Waals surface area contributed by atoms with Gasteiger partial charge in [0.05, 0.1) is 0 Å². The van der Waals surface area contributed by atoms with E-state index in [1.54, 1.807) is 0 Å². The summed E-state index contributed by atoms with van der Waals surface area (Å²) in [5.41, 5.74) is 0. The number of carbonyl (C=O) groups is 2. The van der Waals surface area contributed by atoms with E-state index in [4.69, 9.17) is 24.9 Å². The van der Waals surface area contributed by atoms with Gasteiger partial charge in [0, 0.05) is 5.97 Å². The third-order valence-electron chi connectivity index (χ3n) is 0. The van der Waals surface area contributed by atoms with Crippen LogP contribution < -0.4 is 27.7 Å². The van der Waals surface area contributed by atoms with Crippen molar-refractivity contribution >= 4 is 125 Å². The molecule has 0 radical (unpaired) electrons. The molecule has 0 spiro atoms. The van der Waals surface area contributed by atoms with Crippen molar-refractivity contribution < 1.29 is 37.3 Å². The molecule has 0 fully saturated rings. The van der Waals surface area contributed by atoms with Gasteiger partial charge < -0.3 is 37.3 Å². The average molecular weight is 275 g/mol. The average Bonchev–Trinajstić information content (AvgIpc) is 1.25. The van der Waals surface area contributed by atoms with Crippen molar-refractivity contribution in [3.8, 4) is 0 Å². The minimum atomic E-state index is -2.33. The fraction of sp³-hybridized carbons (Fsp3) is 0.333. The van der Waals surface area contributed by atoms with E-state index in [2.05, 4.69) is 0 Å². The van der Waals surface area contributed by atoms with Gasteiger partial charge in [0.25, 0.3) is 0 Å². The van der Waals surface area contributed by atoms with E-state index in [9.17, 15) is 0 Å². The van der Waals surface area contributed by atoms with E-state index in [0.717, 1.165) is 6.92 Å². The molecule has 0 aliphatic carbocycles. The number of hydrogen-bond donors (Lipinski definition) is 0. The number of carbonyl (C=O) groups excluding carboxylic acids is 2. The molecule has 0 aliphatic heterocycles. The Bertz CT molecular complexity index is 79.9. The third-order valence-corrected chi connectivity index (χ3v) is 0. The minimum absolute atomic E-state index is 0. The zero-order valence-corrected chi connectivity index (χ0v) is 13.9. The largest absolute Gasteiger partial charge is 2.00 e. The molecule has 0 rings (SSSR count). The number of aliphatic carboxylic acids is 1. The van der Waals surface area contributed by atoms with E-state index >= 15 is 0 Å². The predicted octanol–water partition coefficient (Wildman–Crippen LogP) is -7.83. The molecule has 5 nitrogen and oxygen atoms in total. The maximum atomic E-state index is 8.89. The van der Waals surface area contributed by atoms with Crippen LogP contribution in [0.15, 0.2) is 0 Å². The molecule has 0 atom stereocenters. The molecule has 0 aromatic carbocycles. The van der Waals surface area contributed by atoms with Crippen LogP contribution in [0, 0.1) is 0 Å². The summed E-state index contributed by atoms with van der Waals surface area (Å²) in [6.07, 6.45) is -2.33. The SMILES string of the molecule is CC(=O)[O-].O=C([O-])[O-].[Ca+2].[Ca+2].[Ca+2].[Cl-]. The van der Waals surface area contributed by atoms with Crippen molar-refractivity contribution in [2.75, 3.05) is 0 Å². The summed E-state index contributed by atoms with van der Waals surface area (Å²) in [5, 5.41) is 25.6. The predicted molar refractivity (Wildman–Crippen MR) is 33.3 cm³/mol. The van der Waals surface area contributed by atoms with E-state index in [1.165, 1.54) is 0 Å². The van der Waals surface area contributed by atoms with Crippen LogP contribution in [0.3, 0.4) is 0 Å². The Kier molecular flexibility index (Phi) is 88.5. The Hall–Kier alpha value is 2.81.